The zero-order valence-corrected chi connectivity index (χ0v) is 11.5. The average molecular weight is 276 g/mol. The summed E-state index contributed by atoms with van der Waals surface area (Å²) in [7, 11) is 3.71. The molecule has 0 saturated heterocycles. The minimum absolute atomic E-state index is 0.228. The number of anilines is 1. The summed E-state index contributed by atoms with van der Waals surface area (Å²) in [6.07, 6.45) is 3.88. The fourth-order valence-electron chi connectivity index (χ4n) is 1.53. The molecule has 0 atom stereocenters. The summed E-state index contributed by atoms with van der Waals surface area (Å²) in [6, 6.07) is 6.34. The minimum atomic E-state index is -0.228. The topological polar surface area (TPSA) is 54.2 Å². The van der Waals surface area contributed by atoms with Gasteiger partial charge in [-0.05, 0) is 22.9 Å². The number of benzene rings is 1. The van der Waals surface area contributed by atoms with Gasteiger partial charge < -0.3 is 14.7 Å². The summed E-state index contributed by atoms with van der Waals surface area (Å²) in [5.74, 6) is 0.876. The van der Waals surface area contributed by atoms with Gasteiger partial charge in [-0.2, -0.15) is 4.98 Å². The maximum absolute atomic E-state index is 12.7. The van der Waals surface area contributed by atoms with Crippen LogP contribution in [-0.4, -0.2) is 30.8 Å². The van der Waals surface area contributed by atoms with Gasteiger partial charge in [0.25, 0.3) is 5.95 Å². The van der Waals surface area contributed by atoms with Crippen molar-refractivity contribution in [2.45, 2.75) is 6.54 Å². The number of nitrogens with zero attached hydrogens (tertiary/aromatic N) is 3. The third-order valence-corrected chi connectivity index (χ3v) is 2.58. The quantitative estimate of drug-likeness (QED) is 0.819. The van der Waals surface area contributed by atoms with Crippen LogP contribution in [0.5, 0.6) is 0 Å². The number of hydrogen-bond donors (Lipinski definition) is 1. The van der Waals surface area contributed by atoms with Crippen molar-refractivity contribution in [1.29, 1.82) is 0 Å². The van der Waals surface area contributed by atoms with Crippen LogP contribution in [0.4, 0.5) is 10.3 Å². The Balaban J connectivity index is 1.74. The fourth-order valence-corrected chi connectivity index (χ4v) is 1.53. The normalized spacial score (nSPS) is 11.2. The van der Waals surface area contributed by atoms with Crippen LogP contribution in [-0.2, 0) is 6.54 Å². The van der Waals surface area contributed by atoms with E-state index >= 15 is 0 Å². The molecule has 0 aliphatic carbocycles. The van der Waals surface area contributed by atoms with Crippen molar-refractivity contribution < 1.29 is 8.91 Å². The highest BCUT2D eigenvalue weighted by Gasteiger charge is 2.06. The number of rotatable bonds is 6. The van der Waals surface area contributed by atoms with E-state index < -0.39 is 0 Å². The van der Waals surface area contributed by atoms with Crippen molar-refractivity contribution in [1.82, 2.24) is 15.5 Å². The van der Waals surface area contributed by atoms with Crippen LogP contribution in [0.3, 0.4) is 0 Å². The Morgan fingerprint density at radius 2 is 2.05 bits per heavy atom. The van der Waals surface area contributed by atoms with Gasteiger partial charge in [0.05, 0.1) is 6.54 Å². The predicted octanol–water partition coefficient (Wildman–Crippen LogP) is 2.08. The molecule has 1 aromatic carbocycles. The SMILES string of the molecule is CN(C)c1noc(CNCC=Cc2ccc(F)cc2)n1. The zero-order valence-electron chi connectivity index (χ0n) is 11.5. The molecule has 1 heterocycles. The Labute approximate surface area is 117 Å². The van der Waals surface area contributed by atoms with Gasteiger partial charge in [-0.3, -0.25) is 0 Å². The Hall–Kier alpha value is -2.21. The number of nitrogens with one attached hydrogen (secondary N) is 1. The standard InChI is InChI=1S/C14H17FN4O/c1-19(2)14-17-13(20-18-14)10-16-9-3-4-11-5-7-12(15)8-6-11/h3-8,16H,9-10H2,1-2H3. The van der Waals surface area contributed by atoms with Crippen LogP contribution in [0, 0.1) is 5.82 Å². The summed E-state index contributed by atoms with van der Waals surface area (Å²) in [6.45, 7) is 1.17. The third kappa shape index (κ3) is 4.17. The van der Waals surface area contributed by atoms with Crippen LogP contribution in [0.15, 0.2) is 34.9 Å². The number of hydrogen-bond acceptors (Lipinski definition) is 5. The van der Waals surface area contributed by atoms with Crippen LogP contribution >= 0.6 is 0 Å². The summed E-state index contributed by atoms with van der Waals surface area (Å²) in [5.41, 5.74) is 0.959. The van der Waals surface area contributed by atoms with Crippen molar-refractivity contribution in [3.63, 3.8) is 0 Å². The molecule has 0 amide bonds. The lowest BCUT2D eigenvalue weighted by Crippen LogP contribution is -2.14. The highest BCUT2D eigenvalue weighted by molar-refractivity contribution is 5.48. The first-order valence-corrected chi connectivity index (χ1v) is 6.28. The van der Waals surface area contributed by atoms with Gasteiger partial charge in [-0.25, -0.2) is 4.39 Å². The number of aromatic nitrogens is 2. The molecule has 0 radical (unpaired) electrons. The monoisotopic (exact) mass is 276 g/mol. The fraction of sp³-hybridized carbons (Fsp3) is 0.286. The molecule has 2 aromatic rings. The molecule has 5 nitrogen and oxygen atoms in total. The predicted molar refractivity (Wildman–Crippen MR) is 75.8 cm³/mol. The van der Waals surface area contributed by atoms with E-state index in [2.05, 4.69) is 15.5 Å². The molecule has 0 spiro atoms. The first kappa shape index (κ1) is 14.2. The second-order valence-corrected chi connectivity index (χ2v) is 4.47. The van der Waals surface area contributed by atoms with Crippen LogP contribution in [0.1, 0.15) is 11.5 Å². The zero-order chi connectivity index (χ0) is 14.4. The molecule has 0 fully saturated rings. The molecule has 1 N–H and O–H groups in total. The van der Waals surface area contributed by atoms with Gasteiger partial charge in [0.15, 0.2) is 0 Å². The molecule has 0 unspecified atom stereocenters. The van der Waals surface area contributed by atoms with Crippen molar-refractivity contribution >= 4 is 12.0 Å². The lowest BCUT2D eigenvalue weighted by Gasteiger charge is -2.02. The van der Waals surface area contributed by atoms with Crippen molar-refractivity contribution in [2.75, 3.05) is 25.5 Å². The molecule has 0 saturated carbocycles. The molecule has 20 heavy (non-hydrogen) atoms. The van der Waals surface area contributed by atoms with Gasteiger partial charge in [0.1, 0.15) is 5.82 Å². The average Bonchev–Trinajstić information content (AvgIpc) is 2.89. The van der Waals surface area contributed by atoms with E-state index in [4.69, 9.17) is 4.52 Å². The maximum Gasteiger partial charge on any atom is 0.265 e. The largest absolute Gasteiger partial charge is 0.344 e. The van der Waals surface area contributed by atoms with Gasteiger partial charge in [-0.1, -0.05) is 24.3 Å². The lowest BCUT2D eigenvalue weighted by molar-refractivity contribution is 0.369. The maximum atomic E-state index is 12.7. The van der Waals surface area contributed by atoms with E-state index in [1.165, 1.54) is 12.1 Å². The van der Waals surface area contributed by atoms with Gasteiger partial charge in [0, 0.05) is 20.6 Å². The van der Waals surface area contributed by atoms with Crippen molar-refractivity contribution in [2.24, 2.45) is 0 Å². The van der Waals surface area contributed by atoms with Crippen LogP contribution < -0.4 is 10.2 Å². The molecular weight excluding hydrogens is 259 g/mol. The Morgan fingerprint density at radius 3 is 2.70 bits per heavy atom. The van der Waals surface area contributed by atoms with E-state index in [9.17, 15) is 4.39 Å². The van der Waals surface area contributed by atoms with Crippen molar-refractivity contribution in [3.8, 4) is 0 Å². The highest BCUT2D eigenvalue weighted by atomic mass is 19.1. The summed E-state index contributed by atoms with van der Waals surface area (Å²) in [5, 5.41) is 6.98. The van der Waals surface area contributed by atoms with E-state index in [-0.39, 0.29) is 5.82 Å². The minimum Gasteiger partial charge on any atom is -0.344 e. The first-order valence-electron chi connectivity index (χ1n) is 6.28. The lowest BCUT2D eigenvalue weighted by atomic mass is 10.2. The molecule has 0 aliphatic heterocycles. The van der Waals surface area contributed by atoms with Gasteiger partial charge in [0.2, 0.25) is 5.89 Å². The van der Waals surface area contributed by atoms with E-state index in [1.807, 2.05) is 26.2 Å². The molecule has 2 rings (SSSR count). The summed E-state index contributed by atoms with van der Waals surface area (Å²) >= 11 is 0. The molecule has 0 aliphatic rings. The summed E-state index contributed by atoms with van der Waals surface area (Å²) in [4.78, 5) is 5.97. The van der Waals surface area contributed by atoms with E-state index in [0.717, 1.165) is 5.56 Å². The smallest absolute Gasteiger partial charge is 0.265 e. The Bertz CT molecular complexity index is 563. The van der Waals surface area contributed by atoms with E-state index in [0.29, 0.717) is 24.9 Å². The van der Waals surface area contributed by atoms with Crippen LogP contribution in [0.2, 0.25) is 0 Å². The summed E-state index contributed by atoms with van der Waals surface area (Å²) < 4.78 is 17.8. The van der Waals surface area contributed by atoms with Gasteiger partial charge >= 0.3 is 0 Å². The number of halogens is 1. The molecule has 6 heteroatoms. The van der Waals surface area contributed by atoms with E-state index in [1.54, 1.807) is 17.0 Å². The molecule has 106 valence electrons. The van der Waals surface area contributed by atoms with Crippen molar-refractivity contribution in [3.05, 3.63) is 47.6 Å². The van der Waals surface area contributed by atoms with Crippen LogP contribution in [0.25, 0.3) is 6.08 Å². The molecule has 1 aromatic heterocycles. The second-order valence-electron chi connectivity index (χ2n) is 4.47. The first-order chi connectivity index (χ1) is 9.65. The third-order valence-electron chi connectivity index (χ3n) is 2.58. The Kier molecular flexibility index (Phi) is 4.84. The molecule has 0 bridgehead atoms. The second kappa shape index (κ2) is 6.81. The molecular formula is C14H17FN4O. The Morgan fingerprint density at radius 1 is 1.30 bits per heavy atom. The highest BCUT2D eigenvalue weighted by Crippen LogP contribution is 2.05. The van der Waals surface area contributed by atoms with Gasteiger partial charge in [-0.15, -0.1) is 0 Å².